The molecule has 3 nitrogen and oxygen atoms in total. The lowest BCUT2D eigenvalue weighted by Crippen LogP contribution is -2.11. The lowest BCUT2D eigenvalue weighted by Gasteiger charge is -2.09. The zero-order valence-electron chi connectivity index (χ0n) is 14.0. The molecule has 0 spiro atoms. The largest absolute Gasteiger partial charge is 0.486 e. The number of thiophene rings is 1. The molecule has 0 unspecified atom stereocenters. The first-order valence-electron chi connectivity index (χ1n) is 7.87. The van der Waals surface area contributed by atoms with E-state index in [-0.39, 0.29) is 18.3 Å². The highest BCUT2D eigenvalue weighted by molar-refractivity contribution is 7.12. The molecule has 5 heteroatoms. The summed E-state index contributed by atoms with van der Waals surface area (Å²) in [7, 11) is 0. The van der Waals surface area contributed by atoms with Crippen LogP contribution in [0.5, 0.6) is 5.75 Å². The van der Waals surface area contributed by atoms with E-state index in [1.54, 1.807) is 24.3 Å². The fraction of sp³-hybridized carbons (Fsp3) is 0.150. The molecule has 2 aromatic carbocycles. The number of hydrogen-bond acceptors (Lipinski definition) is 3. The van der Waals surface area contributed by atoms with E-state index in [4.69, 9.17) is 4.74 Å². The van der Waals surface area contributed by atoms with Crippen molar-refractivity contribution in [1.29, 1.82) is 0 Å². The minimum absolute atomic E-state index is 0.157. The molecule has 0 aliphatic heterocycles. The number of para-hydroxylation sites is 1. The van der Waals surface area contributed by atoms with Crippen molar-refractivity contribution in [1.82, 2.24) is 0 Å². The predicted molar refractivity (Wildman–Crippen MR) is 98.9 cm³/mol. The normalized spacial score (nSPS) is 10.5. The van der Waals surface area contributed by atoms with Crippen LogP contribution in [0.2, 0.25) is 0 Å². The van der Waals surface area contributed by atoms with Crippen molar-refractivity contribution in [2.75, 3.05) is 5.32 Å². The zero-order valence-corrected chi connectivity index (χ0v) is 14.8. The summed E-state index contributed by atoms with van der Waals surface area (Å²) in [5.41, 5.74) is 3.82. The molecule has 1 amide bonds. The van der Waals surface area contributed by atoms with Gasteiger partial charge in [-0.3, -0.25) is 4.79 Å². The van der Waals surface area contributed by atoms with Gasteiger partial charge in [-0.15, -0.1) is 11.3 Å². The van der Waals surface area contributed by atoms with Crippen LogP contribution < -0.4 is 10.1 Å². The van der Waals surface area contributed by atoms with E-state index in [9.17, 15) is 9.18 Å². The van der Waals surface area contributed by atoms with Gasteiger partial charge in [0.15, 0.2) is 11.6 Å². The van der Waals surface area contributed by atoms with E-state index in [0.29, 0.717) is 4.88 Å². The third-order valence-electron chi connectivity index (χ3n) is 3.96. The number of anilines is 1. The number of ether oxygens (including phenoxy) is 1. The van der Waals surface area contributed by atoms with Gasteiger partial charge in [0.2, 0.25) is 0 Å². The van der Waals surface area contributed by atoms with Crippen molar-refractivity contribution in [2.24, 2.45) is 0 Å². The molecule has 128 valence electrons. The average Bonchev–Trinajstić information content (AvgIpc) is 3.07. The van der Waals surface area contributed by atoms with Crippen LogP contribution in [0.3, 0.4) is 0 Å². The summed E-state index contributed by atoms with van der Waals surface area (Å²) in [5, 5.41) is 4.78. The SMILES string of the molecule is Cc1cccc(NC(=O)c2cc(COc3ccccc3F)cs2)c1C. The van der Waals surface area contributed by atoms with Gasteiger partial charge in [0.05, 0.1) is 4.88 Å². The summed E-state index contributed by atoms with van der Waals surface area (Å²) in [5.74, 6) is -0.350. The molecule has 0 bridgehead atoms. The molecule has 0 radical (unpaired) electrons. The molecule has 0 fully saturated rings. The Morgan fingerprint density at radius 1 is 1.16 bits per heavy atom. The number of aryl methyl sites for hydroxylation is 1. The van der Waals surface area contributed by atoms with Crippen LogP contribution in [0.4, 0.5) is 10.1 Å². The fourth-order valence-electron chi connectivity index (χ4n) is 2.36. The molecule has 0 atom stereocenters. The minimum Gasteiger partial charge on any atom is -0.486 e. The monoisotopic (exact) mass is 355 g/mol. The van der Waals surface area contributed by atoms with E-state index in [1.807, 2.05) is 37.4 Å². The van der Waals surface area contributed by atoms with Crippen molar-refractivity contribution >= 4 is 22.9 Å². The van der Waals surface area contributed by atoms with Gasteiger partial charge in [0, 0.05) is 11.3 Å². The second-order valence-electron chi connectivity index (χ2n) is 5.74. The summed E-state index contributed by atoms with van der Waals surface area (Å²) in [6, 6.07) is 13.8. The molecular weight excluding hydrogens is 337 g/mol. The Morgan fingerprint density at radius 3 is 2.76 bits per heavy atom. The van der Waals surface area contributed by atoms with Gasteiger partial charge >= 0.3 is 0 Å². The lowest BCUT2D eigenvalue weighted by atomic mass is 10.1. The van der Waals surface area contributed by atoms with Crippen molar-refractivity contribution in [2.45, 2.75) is 20.5 Å². The van der Waals surface area contributed by atoms with Gasteiger partial charge in [-0.05, 0) is 54.6 Å². The van der Waals surface area contributed by atoms with Crippen LogP contribution in [0, 0.1) is 19.7 Å². The topological polar surface area (TPSA) is 38.3 Å². The number of hydrogen-bond donors (Lipinski definition) is 1. The smallest absolute Gasteiger partial charge is 0.265 e. The maximum Gasteiger partial charge on any atom is 0.265 e. The number of benzene rings is 2. The van der Waals surface area contributed by atoms with E-state index in [1.165, 1.54) is 17.4 Å². The highest BCUT2D eigenvalue weighted by atomic mass is 32.1. The molecule has 3 rings (SSSR count). The molecule has 3 aromatic rings. The number of halogens is 1. The van der Waals surface area contributed by atoms with Gasteiger partial charge in [0.25, 0.3) is 5.91 Å². The van der Waals surface area contributed by atoms with Crippen molar-refractivity contribution in [3.63, 3.8) is 0 Å². The third-order valence-corrected chi connectivity index (χ3v) is 4.94. The van der Waals surface area contributed by atoms with Gasteiger partial charge in [0.1, 0.15) is 6.61 Å². The van der Waals surface area contributed by atoms with Crippen LogP contribution in [0.25, 0.3) is 0 Å². The van der Waals surface area contributed by atoms with Crippen LogP contribution in [-0.2, 0) is 6.61 Å². The van der Waals surface area contributed by atoms with Crippen LogP contribution in [0.1, 0.15) is 26.4 Å². The molecule has 0 aliphatic carbocycles. The Hall–Kier alpha value is -2.66. The first kappa shape index (κ1) is 17.2. The zero-order chi connectivity index (χ0) is 17.8. The second-order valence-corrected chi connectivity index (χ2v) is 6.65. The quantitative estimate of drug-likeness (QED) is 0.671. The van der Waals surface area contributed by atoms with E-state index < -0.39 is 5.82 Å². The van der Waals surface area contributed by atoms with Crippen molar-refractivity contribution in [3.05, 3.63) is 81.3 Å². The number of carbonyl (C=O) groups excluding carboxylic acids is 1. The summed E-state index contributed by atoms with van der Waals surface area (Å²) in [6.07, 6.45) is 0. The summed E-state index contributed by atoms with van der Waals surface area (Å²) < 4.78 is 19.0. The first-order valence-corrected chi connectivity index (χ1v) is 8.75. The predicted octanol–water partition coefficient (Wildman–Crippen LogP) is 5.34. The Labute approximate surface area is 150 Å². The lowest BCUT2D eigenvalue weighted by molar-refractivity contribution is 0.103. The van der Waals surface area contributed by atoms with E-state index in [2.05, 4.69) is 5.32 Å². The molecular formula is C20H18FNO2S. The highest BCUT2D eigenvalue weighted by Gasteiger charge is 2.12. The summed E-state index contributed by atoms with van der Waals surface area (Å²) in [6.45, 7) is 4.20. The Balaban J connectivity index is 1.65. The maximum absolute atomic E-state index is 13.6. The first-order chi connectivity index (χ1) is 12.0. The number of amides is 1. The van der Waals surface area contributed by atoms with E-state index >= 15 is 0 Å². The van der Waals surface area contributed by atoms with Gasteiger partial charge < -0.3 is 10.1 Å². The molecule has 1 N–H and O–H groups in total. The van der Waals surface area contributed by atoms with Crippen LogP contribution >= 0.6 is 11.3 Å². The van der Waals surface area contributed by atoms with Crippen LogP contribution in [-0.4, -0.2) is 5.91 Å². The Kier molecular flexibility index (Phi) is 5.14. The fourth-order valence-corrected chi connectivity index (χ4v) is 3.16. The average molecular weight is 355 g/mol. The van der Waals surface area contributed by atoms with Crippen LogP contribution in [0.15, 0.2) is 53.9 Å². The minimum atomic E-state index is -0.398. The molecule has 25 heavy (non-hydrogen) atoms. The highest BCUT2D eigenvalue weighted by Crippen LogP contribution is 2.23. The maximum atomic E-state index is 13.6. The summed E-state index contributed by atoms with van der Waals surface area (Å²) >= 11 is 1.34. The number of carbonyl (C=O) groups is 1. The Morgan fingerprint density at radius 2 is 1.96 bits per heavy atom. The van der Waals surface area contributed by atoms with Crippen molar-refractivity contribution in [3.8, 4) is 5.75 Å². The molecule has 0 saturated heterocycles. The van der Waals surface area contributed by atoms with Gasteiger partial charge in [-0.25, -0.2) is 4.39 Å². The molecule has 1 aromatic heterocycles. The second kappa shape index (κ2) is 7.49. The molecule has 0 saturated carbocycles. The van der Waals surface area contributed by atoms with Gasteiger partial charge in [-0.2, -0.15) is 0 Å². The molecule has 0 aliphatic rings. The standard InChI is InChI=1S/C20H18FNO2S/c1-13-6-5-8-17(14(13)2)22-20(23)19-10-15(12-25-19)11-24-18-9-4-3-7-16(18)21/h3-10,12H,11H2,1-2H3,(H,22,23). The number of nitrogens with one attached hydrogen (secondary N) is 1. The van der Waals surface area contributed by atoms with E-state index in [0.717, 1.165) is 22.4 Å². The number of rotatable bonds is 5. The van der Waals surface area contributed by atoms with Gasteiger partial charge in [-0.1, -0.05) is 24.3 Å². The third kappa shape index (κ3) is 4.06. The summed E-state index contributed by atoms with van der Waals surface area (Å²) in [4.78, 5) is 13.0. The Bertz CT molecular complexity index is 904. The molecule has 1 heterocycles. The van der Waals surface area contributed by atoms with Crippen molar-refractivity contribution < 1.29 is 13.9 Å².